The predicted molar refractivity (Wildman–Crippen MR) is 82.5 cm³/mol. The molecule has 0 fully saturated rings. The number of hydrogen-bond donors (Lipinski definition) is 1. The van der Waals surface area contributed by atoms with Crippen LogP contribution in [0, 0.1) is 18.3 Å². The number of thiophene rings is 1. The molecule has 1 rings (SSSR count). The monoisotopic (exact) mass is 308 g/mol. The highest BCUT2D eigenvalue weighted by Crippen LogP contribution is 2.33. The van der Waals surface area contributed by atoms with Gasteiger partial charge in [-0.15, -0.1) is 11.3 Å². The van der Waals surface area contributed by atoms with Gasteiger partial charge in [0.1, 0.15) is 15.9 Å². The summed E-state index contributed by atoms with van der Waals surface area (Å²) in [5.41, 5.74) is 0.887. The summed E-state index contributed by atoms with van der Waals surface area (Å²) in [5, 5.41) is 12.3. The van der Waals surface area contributed by atoms with Crippen molar-refractivity contribution in [2.45, 2.75) is 46.0 Å². The van der Waals surface area contributed by atoms with Crippen molar-refractivity contribution in [1.29, 1.82) is 5.26 Å². The second kappa shape index (κ2) is 8.42. The Labute approximate surface area is 128 Å². The molecule has 1 aromatic heterocycles. The number of nitrogens with zero attached hydrogens (tertiary/aromatic N) is 1. The number of unbranched alkanes of at least 4 members (excludes halogenated alkanes) is 3. The lowest BCUT2D eigenvalue weighted by Crippen LogP contribution is -2.10. The molecule has 0 aliphatic rings. The van der Waals surface area contributed by atoms with Crippen LogP contribution in [0.2, 0.25) is 0 Å². The van der Waals surface area contributed by atoms with Crippen molar-refractivity contribution in [3.8, 4) is 6.07 Å². The van der Waals surface area contributed by atoms with Crippen molar-refractivity contribution in [1.82, 2.24) is 0 Å². The first-order valence-electron chi connectivity index (χ1n) is 6.96. The Morgan fingerprint density at radius 3 is 2.62 bits per heavy atom. The van der Waals surface area contributed by atoms with E-state index in [4.69, 9.17) is 0 Å². The van der Waals surface area contributed by atoms with Gasteiger partial charge in [-0.05, 0) is 18.9 Å². The van der Waals surface area contributed by atoms with E-state index in [1.165, 1.54) is 7.11 Å². The van der Waals surface area contributed by atoms with Gasteiger partial charge in [0.25, 0.3) is 0 Å². The van der Waals surface area contributed by atoms with E-state index in [1.54, 1.807) is 6.92 Å². The molecule has 0 spiro atoms. The Morgan fingerprint density at radius 2 is 2.05 bits per heavy atom. The molecule has 1 heterocycles. The Kier molecular flexibility index (Phi) is 6.89. The summed E-state index contributed by atoms with van der Waals surface area (Å²) in [7, 11) is 1.29. The standard InChI is InChI=1S/C15H20N2O3S/c1-4-5-6-7-8-12(18)17-14-11(9-16)10(2)13(21-14)15(19)20-3/h4-8H2,1-3H3,(H,17,18). The van der Waals surface area contributed by atoms with Gasteiger partial charge >= 0.3 is 5.97 Å². The average molecular weight is 308 g/mol. The Bertz CT molecular complexity index is 558. The van der Waals surface area contributed by atoms with E-state index in [1.807, 2.05) is 6.07 Å². The fourth-order valence-electron chi connectivity index (χ4n) is 1.93. The maximum absolute atomic E-state index is 11.9. The molecule has 0 atom stereocenters. The van der Waals surface area contributed by atoms with Gasteiger partial charge in [0, 0.05) is 6.42 Å². The summed E-state index contributed by atoms with van der Waals surface area (Å²) in [6.45, 7) is 3.79. The van der Waals surface area contributed by atoms with Crippen molar-refractivity contribution in [2.75, 3.05) is 12.4 Å². The predicted octanol–water partition coefficient (Wildman–Crippen LogP) is 3.62. The van der Waals surface area contributed by atoms with Gasteiger partial charge in [-0.3, -0.25) is 4.79 Å². The van der Waals surface area contributed by atoms with Crippen LogP contribution >= 0.6 is 11.3 Å². The Hall–Kier alpha value is -1.87. The molecule has 0 unspecified atom stereocenters. The van der Waals surface area contributed by atoms with Crippen LogP contribution in [-0.4, -0.2) is 19.0 Å². The molecule has 0 aromatic carbocycles. The molecule has 21 heavy (non-hydrogen) atoms. The molecule has 1 N–H and O–H groups in total. The minimum Gasteiger partial charge on any atom is -0.465 e. The normalized spacial score (nSPS) is 10.0. The SMILES string of the molecule is CCCCCCC(=O)Nc1sc(C(=O)OC)c(C)c1C#N. The first-order chi connectivity index (χ1) is 10.0. The maximum atomic E-state index is 11.9. The molecule has 1 amide bonds. The number of rotatable bonds is 7. The summed E-state index contributed by atoms with van der Waals surface area (Å²) in [6.07, 6.45) is 4.51. The third-order valence-corrected chi connectivity index (χ3v) is 4.33. The lowest BCUT2D eigenvalue weighted by molar-refractivity contribution is -0.116. The molecule has 0 bridgehead atoms. The molecule has 0 aliphatic heterocycles. The van der Waals surface area contributed by atoms with Crippen molar-refractivity contribution >= 4 is 28.2 Å². The van der Waals surface area contributed by atoms with Crippen LogP contribution in [0.1, 0.15) is 59.8 Å². The number of carbonyl (C=O) groups is 2. The number of esters is 1. The Balaban J connectivity index is 2.77. The van der Waals surface area contributed by atoms with Crippen LogP contribution in [0.4, 0.5) is 5.00 Å². The molecule has 0 radical (unpaired) electrons. The molecular weight excluding hydrogens is 288 g/mol. The van der Waals surface area contributed by atoms with Gasteiger partial charge in [-0.1, -0.05) is 26.2 Å². The smallest absolute Gasteiger partial charge is 0.348 e. The molecule has 6 heteroatoms. The van der Waals surface area contributed by atoms with E-state index in [0.717, 1.165) is 37.0 Å². The van der Waals surface area contributed by atoms with Gasteiger partial charge in [-0.25, -0.2) is 4.79 Å². The molecule has 114 valence electrons. The van der Waals surface area contributed by atoms with E-state index in [9.17, 15) is 14.9 Å². The highest BCUT2D eigenvalue weighted by atomic mass is 32.1. The van der Waals surface area contributed by atoms with Crippen molar-refractivity contribution in [3.05, 3.63) is 16.0 Å². The van der Waals surface area contributed by atoms with Crippen molar-refractivity contribution < 1.29 is 14.3 Å². The van der Waals surface area contributed by atoms with E-state index >= 15 is 0 Å². The average Bonchev–Trinajstić information content (AvgIpc) is 2.78. The highest BCUT2D eigenvalue weighted by molar-refractivity contribution is 7.18. The third-order valence-electron chi connectivity index (χ3n) is 3.14. The van der Waals surface area contributed by atoms with Crippen LogP contribution in [0.15, 0.2) is 0 Å². The number of hydrogen-bond acceptors (Lipinski definition) is 5. The van der Waals surface area contributed by atoms with Crippen molar-refractivity contribution in [3.63, 3.8) is 0 Å². The van der Waals surface area contributed by atoms with Gasteiger partial charge in [0.05, 0.1) is 12.7 Å². The highest BCUT2D eigenvalue weighted by Gasteiger charge is 2.21. The molecule has 0 saturated carbocycles. The fourth-order valence-corrected chi connectivity index (χ4v) is 3.02. The summed E-state index contributed by atoms with van der Waals surface area (Å²) < 4.78 is 4.68. The minimum atomic E-state index is -0.488. The van der Waals surface area contributed by atoms with Gasteiger partial charge in [0.2, 0.25) is 5.91 Å². The zero-order chi connectivity index (χ0) is 15.8. The summed E-state index contributed by atoms with van der Waals surface area (Å²) >= 11 is 1.09. The van der Waals surface area contributed by atoms with E-state index < -0.39 is 5.97 Å². The maximum Gasteiger partial charge on any atom is 0.348 e. The summed E-state index contributed by atoms with van der Waals surface area (Å²) in [4.78, 5) is 23.8. The molecule has 0 saturated heterocycles. The molecule has 5 nitrogen and oxygen atoms in total. The second-order valence-corrected chi connectivity index (χ2v) is 5.74. The van der Waals surface area contributed by atoms with Gasteiger partial charge < -0.3 is 10.1 Å². The van der Waals surface area contributed by atoms with Crippen molar-refractivity contribution in [2.24, 2.45) is 0 Å². The van der Waals surface area contributed by atoms with Crippen LogP contribution in [0.3, 0.4) is 0 Å². The first kappa shape index (κ1) is 17.2. The van der Waals surface area contributed by atoms with Crippen LogP contribution < -0.4 is 5.32 Å². The fraction of sp³-hybridized carbons (Fsp3) is 0.533. The Morgan fingerprint density at radius 1 is 1.33 bits per heavy atom. The topological polar surface area (TPSA) is 79.2 Å². The number of ether oxygens (including phenoxy) is 1. The lowest BCUT2D eigenvalue weighted by atomic mass is 10.1. The van der Waals surface area contributed by atoms with Gasteiger partial charge in [-0.2, -0.15) is 5.26 Å². The van der Waals surface area contributed by atoms with Crippen LogP contribution in [0.25, 0.3) is 0 Å². The number of methoxy groups -OCH3 is 1. The largest absolute Gasteiger partial charge is 0.465 e. The zero-order valence-corrected chi connectivity index (χ0v) is 13.4. The van der Waals surface area contributed by atoms with E-state index in [-0.39, 0.29) is 5.91 Å². The third kappa shape index (κ3) is 4.57. The summed E-state index contributed by atoms with van der Waals surface area (Å²) in [5.74, 6) is -0.613. The van der Waals surface area contributed by atoms with E-state index in [0.29, 0.717) is 27.4 Å². The van der Waals surface area contributed by atoms with Gasteiger partial charge in [0.15, 0.2) is 0 Å². The molecular formula is C15H20N2O3S. The van der Waals surface area contributed by atoms with Crippen LogP contribution in [-0.2, 0) is 9.53 Å². The first-order valence-corrected chi connectivity index (χ1v) is 7.78. The molecule has 0 aliphatic carbocycles. The second-order valence-electron chi connectivity index (χ2n) is 4.72. The zero-order valence-electron chi connectivity index (χ0n) is 12.6. The summed E-state index contributed by atoms with van der Waals surface area (Å²) in [6, 6.07) is 2.03. The van der Waals surface area contributed by atoms with E-state index in [2.05, 4.69) is 17.0 Å². The minimum absolute atomic E-state index is 0.125. The number of carbonyl (C=O) groups excluding carboxylic acids is 2. The number of nitriles is 1. The lowest BCUT2D eigenvalue weighted by Gasteiger charge is -2.03. The number of anilines is 1. The number of nitrogens with one attached hydrogen (secondary N) is 1. The number of amides is 1. The molecule has 1 aromatic rings. The quantitative estimate of drug-likeness (QED) is 0.616. The van der Waals surface area contributed by atoms with Crippen LogP contribution in [0.5, 0.6) is 0 Å².